The number of allylic oxidation sites excluding steroid dienone is 2. The van der Waals surface area contributed by atoms with Crippen LogP contribution in [0.4, 0.5) is 0 Å². The third-order valence-corrected chi connectivity index (χ3v) is 4.94. The Morgan fingerprint density at radius 1 is 1.13 bits per heavy atom. The van der Waals surface area contributed by atoms with Crippen LogP contribution < -0.4 is 4.98 Å². The van der Waals surface area contributed by atoms with Gasteiger partial charge in [0.05, 0.1) is 5.71 Å². The highest BCUT2D eigenvalue weighted by molar-refractivity contribution is 6.76. The van der Waals surface area contributed by atoms with Gasteiger partial charge < -0.3 is 9.64 Å². The van der Waals surface area contributed by atoms with Crippen LogP contribution in [0.25, 0.3) is 0 Å². The molecule has 1 heterocycles. The Morgan fingerprint density at radius 2 is 1.74 bits per heavy atom. The molecular weight excluding hydrogens is 314 g/mol. The Morgan fingerprint density at radius 3 is 2.13 bits per heavy atom. The van der Waals surface area contributed by atoms with E-state index in [4.69, 9.17) is 4.66 Å². The predicted octanol–water partition coefficient (Wildman–Crippen LogP) is 5.06. The van der Waals surface area contributed by atoms with Crippen molar-refractivity contribution in [2.24, 2.45) is 10.1 Å². The van der Waals surface area contributed by atoms with E-state index in [0.717, 1.165) is 11.3 Å². The van der Waals surface area contributed by atoms with Gasteiger partial charge in [-0.05, 0) is 37.8 Å². The van der Waals surface area contributed by atoms with Crippen molar-refractivity contribution < 1.29 is 0 Å². The Bertz CT molecular complexity index is 571. The Labute approximate surface area is 144 Å². The highest BCUT2D eigenvalue weighted by Gasteiger charge is 2.24. The van der Waals surface area contributed by atoms with Crippen LogP contribution in [-0.2, 0) is 0 Å². The van der Waals surface area contributed by atoms with Crippen LogP contribution in [0.2, 0.25) is 39.3 Å². The summed E-state index contributed by atoms with van der Waals surface area (Å²) in [6, 6.07) is 4.07. The first-order valence-corrected chi connectivity index (χ1v) is 15.2. The van der Waals surface area contributed by atoms with Gasteiger partial charge in [-0.1, -0.05) is 40.4 Å². The molecule has 0 aliphatic carbocycles. The number of rotatable bonds is 5. The second kappa shape index (κ2) is 7.13. The van der Waals surface area contributed by atoms with Crippen molar-refractivity contribution in [1.29, 1.82) is 0 Å². The van der Waals surface area contributed by atoms with Crippen molar-refractivity contribution in [1.82, 2.24) is 9.97 Å². The molecule has 5 heteroatoms. The second-order valence-electron chi connectivity index (χ2n) is 9.09. The quantitative estimate of drug-likeness (QED) is 0.597. The molecule has 0 aliphatic heterocycles. The first kappa shape index (κ1) is 19.8. The van der Waals surface area contributed by atoms with Crippen LogP contribution in [0.5, 0.6) is 0 Å². The number of nitrogens with one attached hydrogen (secondary N) is 1. The van der Waals surface area contributed by atoms with Crippen LogP contribution in [0.3, 0.4) is 0 Å². The van der Waals surface area contributed by atoms with E-state index >= 15 is 0 Å². The lowest BCUT2D eigenvalue weighted by atomic mass is 9.91. The van der Waals surface area contributed by atoms with Gasteiger partial charge in [0.15, 0.2) is 8.24 Å². The molecule has 1 rings (SSSR count). The zero-order valence-electron chi connectivity index (χ0n) is 16.3. The van der Waals surface area contributed by atoms with Gasteiger partial charge in [0.2, 0.25) is 0 Å². The fourth-order valence-corrected chi connectivity index (χ4v) is 4.21. The van der Waals surface area contributed by atoms with Gasteiger partial charge in [0, 0.05) is 29.1 Å². The highest BCUT2D eigenvalue weighted by Crippen LogP contribution is 2.25. The van der Waals surface area contributed by atoms with E-state index in [-0.39, 0.29) is 5.41 Å². The molecule has 0 atom stereocenters. The summed E-state index contributed by atoms with van der Waals surface area (Å²) in [5.41, 5.74) is 3.46. The van der Waals surface area contributed by atoms with E-state index in [1.807, 2.05) is 18.5 Å². The van der Waals surface area contributed by atoms with Crippen molar-refractivity contribution in [3.05, 3.63) is 41.9 Å². The molecule has 0 spiro atoms. The van der Waals surface area contributed by atoms with E-state index in [2.05, 4.69) is 82.2 Å². The normalized spacial score (nSPS) is 14.8. The van der Waals surface area contributed by atoms with Crippen molar-refractivity contribution >= 4 is 22.2 Å². The average Bonchev–Trinajstić information content (AvgIpc) is 2.34. The molecule has 128 valence electrons. The standard InChI is InChI=1S/C18H33N3Si2/c1-18(2,3)17(21-23(7,8)9)13-16(20-22(4,5)6)15-11-10-12-19-14-15/h10-14,21H,1-9H3. The van der Waals surface area contributed by atoms with Crippen LogP contribution in [0.15, 0.2) is 41.0 Å². The molecule has 0 amide bonds. The third-order valence-electron chi connectivity index (χ3n) is 3.01. The minimum absolute atomic E-state index is 0.0582. The topological polar surface area (TPSA) is 37.3 Å². The molecule has 1 aromatic heterocycles. The maximum atomic E-state index is 5.08. The zero-order valence-corrected chi connectivity index (χ0v) is 18.3. The lowest BCUT2D eigenvalue weighted by Gasteiger charge is -2.31. The molecule has 0 aromatic carbocycles. The van der Waals surface area contributed by atoms with Crippen LogP contribution >= 0.6 is 0 Å². The number of pyridine rings is 1. The summed E-state index contributed by atoms with van der Waals surface area (Å²) in [5.74, 6) is 0. The molecule has 0 aliphatic rings. The first-order valence-electron chi connectivity index (χ1n) is 8.28. The fraction of sp³-hybridized carbons (Fsp3) is 0.556. The predicted molar refractivity (Wildman–Crippen MR) is 108 cm³/mol. The minimum Gasteiger partial charge on any atom is -0.414 e. The fourth-order valence-electron chi connectivity index (χ4n) is 2.04. The Hall–Kier alpha value is -1.21. The summed E-state index contributed by atoms with van der Waals surface area (Å²) in [7, 11) is -3.02. The van der Waals surface area contributed by atoms with Gasteiger partial charge in [-0.15, -0.1) is 0 Å². The Kier molecular flexibility index (Phi) is 6.15. The average molecular weight is 348 g/mol. The Balaban J connectivity index is 3.43. The lowest BCUT2D eigenvalue weighted by Crippen LogP contribution is -2.44. The van der Waals surface area contributed by atoms with Gasteiger partial charge in [0.25, 0.3) is 0 Å². The largest absolute Gasteiger partial charge is 0.414 e. The van der Waals surface area contributed by atoms with Crippen LogP contribution in [0, 0.1) is 5.41 Å². The number of hydrogen-bond donors (Lipinski definition) is 1. The monoisotopic (exact) mass is 347 g/mol. The van der Waals surface area contributed by atoms with E-state index in [9.17, 15) is 0 Å². The molecule has 1 N–H and O–H groups in total. The van der Waals surface area contributed by atoms with E-state index < -0.39 is 16.5 Å². The molecule has 0 saturated carbocycles. The van der Waals surface area contributed by atoms with Crippen molar-refractivity contribution in [3.8, 4) is 0 Å². The zero-order chi connectivity index (χ0) is 17.9. The van der Waals surface area contributed by atoms with Gasteiger partial charge >= 0.3 is 0 Å². The molecule has 0 bridgehead atoms. The SMILES string of the molecule is CC(C)(C)C(=CC(=N[Si](C)(C)C)c1cccnc1)N[Si](C)(C)C. The molecule has 0 unspecified atom stereocenters. The van der Waals surface area contributed by atoms with E-state index in [1.54, 1.807) is 0 Å². The van der Waals surface area contributed by atoms with Gasteiger partial charge in [-0.3, -0.25) is 4.98 Å². The highest BCUT2D eigenvalue weighted by atomic mass is 28.3. The van der Waals surface area contributed by atoms with Crippen LogP contribution in [0.1, 0.15) is 26.3 Å². The van der Waals surface area contributed by atoms with Gasteiger partial charge in [-0.25, -0.2) is 0 Å². The number of hydrogen-bond acceptors (Lipinski definition) is 3. The molecular formula is C18H33N3Si2. The van der Waals surface area contributed by atoms with E-state index in [0.29, 0.717) is 0 Å². The van der Waals surface area contributed by atoms with Crippen molar-refractivity contribution in [2.45, 2.75) is 60.1 Å². The number of aromatic nitrogens is 1. The lowest BCUT2D eigenvalue weighted by molar-refractivity contribution is 0.484. The van der Waals surface area contributed by atoms with E-state index in [1.165, 1.54) is 5.70 Å². The molecule has 23 heavy (non-hydrogen) atoms. The maximum Gasteiger partial charge on any atom is 0.173 e. The minimum atomic E-state index is -1.59. The molecule has 0 radical (unpaired) electrons. The number of nitrogens with zero attached hydrogens (tertiary/aromatic N) is 2. The van der Waals surface area contributed by atoms with Crippen molar-refractivity contribution in [3.63, 3.8) is 0 Å². The van der Waals surface area contributed by atoms with Gasteiger partial charge in [-0.2, -0.15) is 0 Å². The van der Waals surface area contributed by atoms with Crippen LogP contribution in [-0.4, -0.2) is 27.2 Å². The summed E-state index contributed by atoms with van der Waals surface area (Å²) in [6.45, 7) is 20.5. The summed E-state index contributed by atoms with van der Waals surface area (Å²) >= 11 is 0. The van der Waals surface area contributed by atoms with Gasteiger partial charge in [0.1, 0.15) is 8.24 Å². The summed E-state index contributed by atoms with van der Waals surface area (Å²) in [6.07, 6.45) is 5.96. The first-order chi connectivity index (χ1) is 10.3. The molecule has 3 nitrogen and oxygen atoms in total. The smallest absolute Gasteiger partial charge is 0.173 e. The summed E-state index contributed by atoms with van der Waals surface area (Å²) in [5, 5.41) is 0. The van der Waals surface area contributed by atoms with Crippen molar-refractivity contribution in [2.75, 3.05) is 0 Å². The second-order valence-corrected chi connectivity index (χ2v) is 18.4. The maximum absolute atomic E-state index is 5.08. The molecule has 0 fully saturated rings. The third kappa shape index (κ3) is 7.75. The molecule has 1 aromatic rings. The summed E-state index contributed by atoms with van der Waals surface area (Å²) < 4.78 is 5.08. The summed E-state index contributed by atoms with van der Waals surface area (Å²) in [4.78, 5) is 8.07. The molecule has 0 saturated heterocycles.